The highest BCUT2D eigenvalue weighted by Crippen LogP contribution is 2.31. The van der Waals surface area contributed by atoms with Gasteiger partial charge in [-0.2, -0.15) is 0 Å². The van der Waals surface area contributed by atoms with Gasteiger partial charge in [-0.25, -0.2) is 4.79 Å². The van der Waals surface area contributed by atoms with Gasteiger partial charge < -0.3 is 19.9 Å². The lowest BCUT2D eigenvalue weighted by Crippen LogP contribution is -2.61. The number of carbonyl (C=O) groups excluding carboxylic acids is 1. The number of aryl methyl sites for hydroxylation is 1. The molecule has 0 aromatic carbocycles. The minimum atomic E-state index is -1.02. The Kier molecular flexibility index (Phi) is 4.52. The first kappa shape index (κ1) is 17.5. The van der Waals surface area contributed by atoms with Crippen molar-refractivity contribution in [1.29, 1.82) is 0 Å². The number of aromatic nitrogens is 1. The van der Waals surface area contributed by atoms with Crippen molar-refractivity contribution >= 4 is 11.9 Å². The summed E-state index contributed by atoms with van der Waals surface area (Å²) in [7, 11) is 0. The Morgan fingerprint density at radius 2 is 1.69 bits per heavy atom. The largest absolute Gasteiger partial charge is 0.477 e. The van der Waals surface area contributed by atoms with Crippen LogP contribution < -0.4 is 0 Å². The molecule has 0 aliphatic carbocycles. The summed E-state index contributed by atoms with van der Waals surface area (Å²) in [5, 5.41) is 9.26. The quantitative estimate of drug-likeness (QED) is 0.846. The molecular formula is C19H28N4O3. The van der Waals surface area contributed by atoms with E-state index < -0.39 is 5.97 Å². The Bertz CT molecular complexity index is 713. The van der Waals surface area contributed by atoms with Gasteiger partial charge in [-0.3, -0.25) is 9.69 Å². The molecule has 1 aromatic heterocycles. The maximum Gasteiger partial charge on any atom is 0.352 e. The van der Waals surface area contributed by atoms with E-state index >= 15 is 0 Å². The number of rotatable bonds is 3. The average molecular weight is 360 g/mol. The number of carbonyl (C=O) groups is 2. The number of piperidine rings is 3. The molecule has 2 bridgehead atoms. The van der Waals surface area contributed by atoms with Gasteiger partial charge in [-0.1, -0.05) is 0 Å². The summed E-state index contributed by atoms with van der Waals surface area (Å²) in [5.41, 5.74) is 1.83. The summed E-state index contributed by atoms with van der Waals surface area (Å²) in [6.07, 6.45) is 2.62. The first-order valence-electron chi connectivity index (χ1n) is 9.64. The topological polar surface area (TPSA) is 79.9 Å². The van der Waals surface area contributed by atoms with Crippen LogP contribution in [0, 0.1) is 19.8 Å². The maximum absolute atomic E-state index is 13.0. The first-order chi connectivity index (χ1) is 12.5. The number of carboxylic acids is 1. The Hall–Kier alpha value is -1.86. The van der Waals surface area contributed by atoms with Crippen LogP contribution in [0.5, 0.6) is 0 Å². The molecule has 0 saturated carbocycles. The van der Waals surface area contributed by atoms with Crippen LogP contribution in [0.3, 0.4) is 0 Å². The molecule has 0 unspecified atom stereocenters. The number of carboxylic acid groups (broad SMARTS) is 1. The van der Waals surface area contributed by atoms with Crippen LogP contribution in [0.15, 0.2) is 0 Å². The smallest absolute Gasteiger partial charge is 0.352 e. The number of piperazine rings is 1. The number of H-pyrrole nitrogens is 1. The first-order valence-corrected chi connectivity index (χ1v) is 9.64. The van der Waals surface area contributed by atoms with Crippen molar-refractivity contribution < 1.29 is 14.7 Å². The van der Waals surface area contributed by atoms with E-state index in [2.05, 4.69) is 14.8 Å². The molecule has 1 amide bonds. The molecule has 2 N–H and O–H groups in total. The fraction of sp³-hybridized carbons (Fsp3) is 0.684. The normalized spacial score (nSPS) is 29.2. The molecule has 1 aromatic rings. The van der Waals surface area contributed by atoms with Crippen LogP contribution in [0.4, 0.5) is 0 Å². The van der Waals surface area contributed by atoms with Crippen molar-refractivity contribution in [3.05, 3.63) is 22.5 Å². The van der Waals surface area contributed by atoms with Gasteiger partial charge in [0.2, 0.25) is 0 Å². The monoisotopic (exact) mass is 360 g/mol. The molecule has 7 nitrogen and oxygen atoms in total. The molecular weight excluding hydrogens is 332 g/mol. The number of aromatic carboxylic acids is 1. The van der Waals surface area contributed by atoms with Crippen molar-refractivity contribution in [2.45, 2.75) is 32.7 Å². The van der Waals surface area contributed by atoms with E-state index in [1.54, 1.807) is 13.8 Å². The second-order valence-electron chi connectivity index (χ2n) is 7.96. The number of nitrogens with one attached hydrogen (secondary N) is 1. The lowest BCUT2D eigenvalue weighted by Gasteiger charge is -2.51. The molecule has 4 saturated heterocycles. The lowest BCUT2D eigenvalue weighted by molar-refractivity contribution is -0.0131. The minimum absolute atomic E-state index is 0.0442. The molecule has 0 spiro atoms. The lowest BCUT2D eigenvalue weighted by atomic mass is 9.83. The highest BCUT2D eigenvalue weighted by atomic mass is 16.4. The molecule has 5 rings (SSSR count). The molecule has 7 heteroatoms. The van der Waals surface area contributed by atoms with E-state index in [-0.39, 0.29) is 11.6 Å². The van der Waals surface area contributed by atoms with Crippen molar-refractivity contribution in [2.24, 2.45) is 5.92 Å². The van der Waals surface area contributed by atoms with Crippen LogP contribution in [0.1, 0.15) is 44.9 Å². The second kappa shape index (κ2) is 6.70. The molecule has 5 heterocycles. The maximum atomic E-state index is 13.0. The third-order valence-corrected chi connectivity index (χ3v) is 6.56. The SMILES string of the molecule is Cc1[nH]c(C(=O)O)c(C)c1C(=O)N1CCN([C@H]2CN3CCC2CC3)CC1. The van der Waals surface area contributed by atoms with Gasteiger partial charge in [0.25, 0.3) is 5.91 Å². The Morgan fingerprint density at radius 1 is 1.04 bits per heavy atom. The van der Waals surface area contributed by atoms with Gasteiger partial charge in [0, 0.05) is 44.5 Å². The third kappa shape index (κ3) is 2.93. The fourth-order valence-electron chi connectivity index (χ4n) is 5.05. The summed E-state index contributed by atoms with van der Waals surface area (Å²) >= 11 is 0. The van der Waals surface area contributed by atoms with Gasteiger partial charge in [0.15, 0.2) is 0 Å². The van der Waals surface area contributed by atoms with Crippen LogP contribution in [-0.2, 0) is 0 Å². The molecule has 1 atom stereocenters. The standard InChI is InChI=1S/C19H28N4O3/c1-12-16(13(2)20-17(12)19(25)26)18(24)23-9-7-22(8-10-23)15-11-21-5-3-14(15)4-6-21/h14-15,20H,3-11H2,1-2H3,(H,25,26)/t15-/m0/s1. The van der Waals surface area contributed by atoms with E-state index in [4.69, 9.17) is 0 Å². The molecule has 26 heavy (non-hydrogen) atoms. The predicted molar refractivity (Wildman–Crippen MR) is 97.7 cm³/mol. The van der Waals surface area contributed by atoms with Gasteiger partial charge in [0.05, 0.1) is 5.56 Å². The number of hydrogen-bond donors (Lipinski definition) is 2. The molecule has 0 radical (unpaired) electrons. The van der Waals surface area contributed by atoms with E-state index in [0.29, 0.717) is 36.0 Å². The Labute approximate surface area is 153 Å². The highest BCUT2D eigenvalue weighted by Gasteiger charge is 2.39. The van der Waals surface area contributed by atoms with Crippen LogP contribution in [0.2, 0.25) is 0 Å². The van der Waals surface area contributed by atoms with Crippen molar-refractivity contribution in [1.82, 2.24) is 19.7 Å². The van der Waals surface area contributed by atoms with Crippen LogP contribution >= 0.6 is 0 Å². The predicted octanol–water partition coefficient (Wildman–Crippen LogP) is 1.18. The summed E-state index contributed by atoms with van der Waals surface area (Å²) in [6, 6.07) is 0.643. The zero-order valence-corrected chi connectivity index (χ0v) is 15.6. The van der Waals surface area contributed by atoms with E-state index in [0.717, 1.165) is 19.0 Å². The van der Waals surface area contributed by atoms with Crippen molar-refractivity contribution in [3.63, 3.8) is 0 Å². The highest BCUT2D eigenvalue weighted by molar-refractivity contribution is 6.00. The van der Waals surface area contributed by atoms with Gasteiger partial charge >= 0.3 is 5.97 Å². The van der Waals surface area contributed by atoms with Gasteiger partial charge in [0.1, 0.15) is 5.69 Å². The number of nitrogens with zero attached hydrogens (tertiary/aromatic N) is 3. The third-order valence-electron chi connectivity index (χ3n) is 6.56. The second-order valence-corrected chi connectivity index (χ2v) is 7.96. The number of fused-ring (bicyclic) bond motifs is 3. The molecule has 4 aliphatic heterocycles. The summed E-state index contributed by atoms with van der Waals surface area (Å²) < 4.78 is 0. The number of aromatic amines is 1. The minimum Gasteiger partial charge on any atom is -0.477 e. The van der Waals surface area contributed by atoms with Crippen LogP contribution in [0.25, 0.3) is 0 Å². The van der Waals surface area contributed by atoms with Gasteiger partial charge in [-0.15, -0.1) is 0 Å². The average Bonchev–Trinajstić information content (AvgIpc) is 2.97. The van der Waals surface area contributed by atoms with E-state index in [1.807, 2.05) is 4.90 Å². The van der Waals surface area contributed by atoms with Crippen LogP contribution in [-0.4, -0.2) is 88.5 Å². The zero-order chi connectivity index (χ0) is 18.4. The molecule has 4 aliphatic rings. The van der Waals surface area contributed by atoms with Gasteiger partial charge in [-0.05, 0) is 51.3 Å². The Balaban J connectivity index is 1.42. The fourth-order valence-corrected chi connectivity index (χ4v) is 5.05. The van der Waals surface area contributed by atoms with E-state index in [1.165, 1.54) is 32.5 Å². The zero-order valence-electron chi connectivity index (χ0n) is 15.6. The molecule has 142 valence electrons. The molecule has 4 fully saturated rings. The summed E-state index contributed by atoms with van der Waals surface area (Å²) in [6.45, 7) is 10.4. The van der Waals surface area contributed by atoms with E-state index in [9.17, 15) is 14.7 Å². The summed E-state index contributed by atoms with van der Waals surface area (Å²) in [5.74, 6) is -0.247. The number of amides is 1. The Morgan fingerprint density at radius 3 is 2.19 bits per heavy atom. The summed E-state index contributed by atoms with van der Waals surface area (Å²) in [4.78, 5) is 34.1. The van der Waals surface area contributed by atoms with Crippen molar-refractivity contribution in [2.75, 3.05) is 45.8 Å². The number of hydrogen-bond acceptors (Lipinski definition) is 4. The van der Waals surface area contributed by atoms with Crippen molar-refractivity contribution in [3.8, 4) is 0 Å².